The molecule has 0 saturated carbocycles. The van der Waals surface area contributed by atoms with Crippen molar-refractivity contribution in [2.24, 2.45) is 14.1 Å². The molecule has 0 aliphatic heterocycles. The van der Waals surface area contributed by atoms with Gasteiger partial charge in [-0.1, -0.05) is 13.8 Å². The lowest BCUT2D eigenvalue weighted by Crippen LogP contribution is -2.41. The quantitative estimate of drug-likeness (QED) is 0.684. The Morgan fingerprint density at radius 1 is 1.04 bits per heavy atom. The van der Waals surface area contributed by atoms with E-state index < -0.39 is 27.1 Å². The van der Waals surface area contributed by atoms with Crippen LogP contribution in [-0.4, -0.2) is 40.7 Å². The van der Waals surface area contributed by atoms with Crippen molar-refractivity contribution in [1.29, 1.82) is 0 Å². The second kappa shape index (κ2) is 7.49. The Labute approximate surface area is 156 Å². The number of sulfonamides is 1. The van der Waals surface area contributed by atoms with Crippen LogP contribution in [0.4, 0.5) is 5.82 Å². The van der Waals surface area contributed by atoms with Crippen molar-refractivity contribution in [1.82, 2.24) is 13.4 Å². The van der Waals surface area contributed by atoms with E-state index in [2.05, 4.69) is 0 Å². The fourth-order valence-corrected chi connectivity index (χ4v) is 4.17. The lowest BCUT2D eigenvalue weighted by Gasteiger charge is -2.18. The van der Waals surface area contributed by atoms with E-state index in [1.807, 2.05) is 0 Å². The molecule has 0 radical (unpaired) electrons. The maximum Gasteiger partial charge on any atom is 0.332 e. The minimum Gasteiger partial charge on any atom is -0.384 e. The highest BCUT2D eigenvalue weighted by molar-refractivity contribution is 7.89. The second-order valence-corrected chi connectivity index (χ2v) is 7.85. The van der Waals surface area contributed by atoms with E-state index >= 15 is 0 Å². The zero-order chi connectivity index (χ0) is 20.5. The summed E-state index contributed by atoms with van der Waals surface area (Å²) in [4.78, 5) is 37.0. The lowest BCUT2D eigenvalue weighted by atomic mass is 10.1. The summed E-state index contributed by atoms with van der Waals surface area (Å²) in [5, 5.41) is 0. The molecule has 146 valence electrons. The van der Waals surface area contributed by atoms with E-state index in [1.54, 1.807) is 13.8 Å². The number of hydrogen-bond acceptors (Lipinski definition) is 6. The SMILES string of the molecule is CCN(CC)S(=O)(=O)c1ccc(C(=O)c2c(N)n(C)c(=O)n(C)c2=O)cc1. The Morgan fingerprint density at radius 2 is 1.56 bits per heavy atom. The Morgan fingerprint density at radius 3 is 2.04 bits per heavy atom. The zero-order valence-electron chi connectivity index (χ0n) is 15.6. The molecule has 2 N–H and O–H groups in total. The molecule has 10 heteroatoms. The number of nitrogens with two attached hydrogens (primary N) is 1. The van der Waals surface area contributed by atoms with Crippen molar-refractivity contribution < 1.29 is 13.2 Å². The maximum absolute atomic E-state index is 12.7. The molecule has 0 fully saturated rings. The van der Waals surface area contributed by atoms with Gasteiger partial charge in [-0.15, -0.1) is 0 Å². The Kier molecular flexibility index (Phi) is 5.71. The summed E-state index contributed by atoms with van der Waals surface area (Å²) >= 11 is 0. The molecule has 0 bridgehead atoms. The van der Waals surface area contributed by atoms with E-state index in [4.69, 9.17) is 5.73 Å². The first-order valence-electron chi connectivity index (χ1n) is 8.28. The minimum absolute atomic E-state index is 0.0455. The van der Waals surface area contributed by atoms with Gasteiger partial charge in [-0.25, -0.2) is 13.2 Å². The van der Waals surface area contributed by atoms with Gasteiger partial charge in [0.05, 0.1) is 4.90 Å². The van der Waals surface area contributed by atoms with Crippen molar-refractivity contribution in [3.63, 3.8) is 0 Å². The number of rotatable bonds is 6. The first-order valence-corrected chi connectivity index (χ1v) is 9.72. The van der Waals surface area contributed by atoms with Crippen molar-refractivity contribution in [2.45, 2.75) is 18.7 Å². The third kappa shape index (κ3) is 3.45. The summed E-state index contributed by atoms with van der Waals surface area (Å²) in [6, 6.07) is 5.26. The topological polar surface area (TPSA) is 124 Å². The van der Waals surface area contributed by atoms with Crippen LogP contribution in [0, 0.1) is 0 Å². The number of hydrogen-bond donors (Lipinski definition) is 1. The lowest BCUT2D eigenvalue weighted by molar-refractivity contribution is 0.103. The fourth-order valence-electron chi connectivity index (χ4n) is 2.71. The molecular formula is C17H22N4O5S. The summed E-state index contributed by atoms with van der Waals surface area (Å²) in [6.45, 7) is 4.11. The van der Waals surface area contributed by atoms with Gasteiger partial charge >= 0.3 is 5.69 Å². The van der Waals surface area contributed by atoms with Crippen LogP contribution in [0.3, 0.4) is 0 Å². The van der Waals surface area contributed by atoms with Gasteiger partial charge in [-0.3, -0.25) is 18.7 Å². The van der Waals surface area contributed by atoms with E-state index in [0.29, 0.717) is 13.1 Å². The Bertz CT molecular complexity index is 1090. The average molecular weight is 394 g/mol. The number of ketones is 1. The highest BCUT2D eigenvalue weighted by Crippen LogP contribution is 2.18. The molecule has 27 heavy (non-hydrogen) atoms. The first-order chi connectivity index (χ1) is 12.6. The average Bonchev–Trinajstić information content (AvgIpc) is 2.65. The van der Waals surface area contributed by atoms with Crippen molar-refractivity contribution in [3.8, 4) is 0 Å². The first kappa shape index (κ1) is 20.6. The largest absolute Gasteiger partial charge is 0.384 e. The predicted octanol–water partition coefficient (Wildman–Crippen LogP) is -0.0723. The summed E-state index contributed by atoms with van der Waals surface area (Å²) in [5.41, 5.74) is 4.10. The van der Waals surface area contributed by atoms with Gasteiger partial charge in [0.2, 0.25) is 15.8 Å². The van der Waals surface area contributed by atoms with Gasteiger partial charge < -0.3 is 5.73 Å². The molecule has 2 rings (SSSR count). The van der Waals surface area contributed by atoms with Crippen LogP contribution in [0.2, 0.25) is 0 Å². The molecule has 0 unspecified atom stereocenters. The summed E-state index contributed by atoms with van der Waals surface area (Å²) in [5.74, 6) is -0.927. The summed E-state index contributed by atoms with van der Waals surface area (Å²) in [6.07, 6.45) is 0. The van der Waals surface area contributed by atoms with E-state index in [-0.39, 0.29) is 21.8 Å². The Balaban J connectivity index is 2.53. The van der Waals surface area contributed by atoms with Gasteiger partial charge in [0.1, 0.15) is 11.4 Å². The van der Waals surface area contributed by atoms with Crippen LogP contribution < -0.4 is 17.0 Å². The molecule has 0 atom stereocenters. The number of benzene rings is 1. The van der Waals surface area contributed by atoms with Gasteiger partial charge in [-0.2, -0.15) is 4.31 Å². The highest BCUT2D eigenvalue weighted by atomic mass is 32.2. The zero-order valence-corrected chi connectivity index (χ0v) is 16.4. The third-order valence-corrected chi connectivity index (χ3v) is 6.46. The third-order valence-electron chi connectivity index (χ3n) is 4.40. The Hall–Kier alpha value is -2.72. The minimum atomic E-state index is -3.66. The van der Waals surface area contributed by atoms with Crippen LogP contribution in [-0.2, 0) is 24.1 Å². The number of carbonyl (C=O) groups excluding carboxylic acids is 1. The van der Waals surface area contributed by atoms with E-state index in [9.17, 15) is 22.8 Å². The van der Waals surface area contributed by atoms with Crippen molar-refractivity contribution >= 4 is 21.6 Å². The van der Waals surface area contributed by atoms with Crippen LogP contribution in [0.15, 0.2) is 38.8 Å². The van der Waals surface area contributed by atoms with Crippen molar-refractivity contribution in [3.05, 3.63) is 56.2 Å². The highest BCUT2D eigenvalue weighted by Gasteiger charge is 2.24. The van der Waals surface area contributed by atoms with E-state index in [1.165, 1.54) is 42.7 Å². The number of aromatic nitrogens is 2. The molecule has 9 nitrogen and oxygen atoms in total. The molecule has 0 aliphatic carbocycles. The normalized spacial score (nSPS) is 11.7. The number of nitrogens with zero attached hydrogens (tertiary/aromatic N) is 3. The standard InChI is InChI=1S/C17H22N4O5S/c1-5-21(6-2)27(25,26)12-9-7-11(8-10-12)14(22)13-15(18)19(3)17(24)20(4)16(13)23/h7-10H,5-6,18H2,1-4H3. The number of anilines is 1. The maximum atomic E-state index is 12.7. The fraction of sp³-hybridized carbons (Fsp3) is 0.353. The summed E-state index contributed by atoms with van der Waals surface area (Å²) in [7, 11) is -1.05. The van der Waals surface area contributed by atoms with Crippen LogP contribution in [0.25, 0.3) is 0 Å². The van der Waals surface area contributed by atoms with E-state index in [0.717, 1.165) is 9.13 Å². The smallest absolute Gasteiger partial charge is 0.332 e. The predicted molar refractivity (Wildman–Crippen MR) is 101 cm³/mol. The molecule has 1 heterocycles. The molecule has 2 aromatic rings. The monoisotopic (exact) mass is 394 g/mol. The molecule has 0 amide bonds. The molecule has 0 saturated heterocycles. The van der Waals surface area contributed by atoms with Gasteiger partial charge in [0.15, 0.2) is 0 Å². The summed E-state index contributed by atoms with van der Waals surface area (Å²) < 4.78 is 28.1. The number of carbonyl (C=O) groups is 1. The van der Waals surface area contributed by atoms with Crippen molar-refractivity contribution in [2.75, 3.05) is 18.8 Å². The van der Waals surface area contributed by atoms with Gasteiger partial charge in [0, 0.05) is 32.7 Å². The molecule has 0 aliphatic rings. The van der Waals surface area contributed by atoms with Crippen LogP contribution >= 0.6 is 0 Å². The van der Waals surface area contributed by atoms with Crippen LogP contribution in [0.5, 0.6) is 0 Å². The molecular weight excluding hydrogens is 372 g/mol. The second-order valence-electron chi connectivity index (χ2n) is 5.91. The van der Waals surface area contributed by atoms with Gasteiger partial charge in [-0.05, 0) is 24.3 Å². The molecule has 0 spiro atoms. The van der Waals surface area contributed by atoms with Crippen LogP contribution in [0.1, 0.15) is 29.8 Å². The van der Waals surface area contributed by atoms with Gasteiger partial charge in [0.25, 0.3) is 5.56 Å². The molecule has 1 aromatic carbocycles. The number of nitrogen functional groups attached to an aromatic ring is 1. The molecule has 1 aromatic heterocycles.